The van der Waals surface area contributed by atoms with E-state index >= 15 is 0 Å². The zero-order valence-corrected chi connectivity index (χ0v) is 22.6. The van der Waals surface area contributed by atoms with Gasteiger partial charge in [-0.2, -0.15) is 0 Å². The third-order valence-corrected chi connectivity index (χ3v) is 8.01. The van der Waals surface area contributed by atoms with Crippen LogP contribution in [0.2, 0.25) is 4.34 Å². The zero-order valence-electron chi connectivity index (χ0n) is 21.0. The number of amides is 3. The van der Waals surface area contributed by atoms with Crippen molar-refractivity contribution in [3.63, 3.8) is 0 Å². The predicted molar refractivity (Wildman–Crippen MR) is 148 cm³/mol. The first-order valence-electron chi connectivity index (χ1n) is 12.6. The summed E-state index contributed by atoms with van der Waals surface area (Å²) in [5, 5.41) is 6.04. The van der Waals surface area contributed by atoms with Crippen molar-refractivity contribution < 1.29 is 19.1 Å². The van der Waals surface area contributed by atoms with E-state index in [9.17, 15) is 19.2 Å². The molecule has 3 amide bonds. The van der Waals surface area contributed by atoms with Crippen LogP contribution in [0.15, 0.2) is 65.6 Å². The number of benzene rings is 1. The van der Waals surface area contributed by atoms with Crippen molar-refractivity contribution in [3.05, 3.63) is 85.9 Å². The lowest BCUT2D eigenvalue weighted by atomic mass is 10.1. The van der Waals surface area contributed by atoms with Gasteiger partial charge in [-0.25, -0.2) is 0 Å². The van der Waals surface area contributed by atoms with Crippen LogP contribution in [-0.4, -0.2) is 90.1 Å². The van der Waals surface area contributed by atoms with E-state index < -0.39 is 12.1 Å². The molecule has 1 aromatic carbocycles. The van der Waals surface area contributed by atoms with Crippen LogP contribution in [0.4, 0.5) is 0 Å². The largest absolute Gasteiger partial charge is 0.378 e. The van der Waals surface area contributed by atoms with E-state index in [1.165, 1.54) is 22.0 Å². The van der Waals surface area contributed by atoms with Gasteiger partial charge in [0.05, 0.1) is 41.1 Å². The highest BCUT2D eigenvalue weighted by atomic mass is 35.5. The molecule has 0 unspecified atom stereocenters. The Balaban J connectivity index is 1.28. The zero-order chi connectivity index (χ0) is 27.4. The van der Waals surface area contributed by atoms with E-state index in [0.29, 0.717) is 59.9 Å². The monoisotopic (exact) mass is 569 g/mol. The number of hydrogen-bond acceptors (Lipinski definition) is 7. The van der Waals surface area contributed by atoms with Gasteiger partial charge in [0.15, 0.2) is 0 Å². The van der Waals surface area contributed by atoms with Crippen molar-refractivity contribution in [2.45, 2.75) is 12.1 Å². The number of aromatic nitrogens is 1. The van der Waals surface area contributed by atoms with Gasteiger partial charge in [-0.3, -0.25) is 28.6 Å². The number of morpholine rings is 1. The van der Waals surface area contributed by atoms with E-state index in [1.54, 1.807) is 59.6 Å². The van der Waals surface area contributed by atoms with Crippen molar-refractivity contribution in [2.24, 2.45) is 0 Å². The second kappa shape index (κ2) is 12.1. The first kappa shape index (κ1) is 27.1. The standard InChI is InChI=1S/C27H28ClN5O5S/c28-23-9-8-22(39-23)27(37)30-21-16-31(17-25(35)32-11-13-38-14-12-32)15-20(21)29-26(36)18-4-6-19(7-5-18)33-10-2-1-3-24(33)34/h1-10,20-21H,11-17H2,(H,29,36)(H,30,37)/t20-,21+/m0/s1. The minimum absolute atomic E-state index is 0.00728. The van der Waals surface area contributed by atoms with E-state index in [1.807, 2.05) is 4.90 Å². The molecule has 2 fully saturated rings. The maximum Gasteiger partial charge on any atom is 0.261 e. The summed E-state index contributed by atoms with van der Waals surface area (Å²) < 4.78 is 7.34. The molecule has 0 spiro atoms. The second-order valence-corrected chi connectivity index (χ2v) is 11.1. The Morgan fingerprint density at radius 2 is 1.62 bits per heavy atom. The third-order valence-electron chi connectivity index (χ3n) is 6.78. The molecule has 204 valence electrons. The maximum atomic E-state index is 13.2. The molecule has 2 saturated heterocycles. The minimum Gasteiger partial charge on any atom is -0.378 e. The Morgan fingerprint density at radius 1 is 0.923 bits per heavy atom. The molecular formula is C27H28ClN5O5S. The van der Waals surface area contributed by atoms with Crippen molar-refractivity contribution >= 4 is 40.7 Å². The number of pyridine rings is 1. The van der Waals surface area contributed by atoms with E-state index in [4.69, 9.17) is 16.3 Å². The molecule has 2 aromatic heterocycles. The number of rotatable bonds is 7. The molecule has 2 N–H and O–H groups in total. The van der Waals surface area contributed by atoms with Crippen molar-refractivity contribution in [1.82, 2.24) is 25.0 Å². The van der Waals surface area contributed by atoms with E-state index in [2.05, 4.69) is 10.6 Å². The molecule has 0 radical (unpaired) electrons. The Bertz CT molecular complexity index is 1400. The summed E-state index contributed by atoms with van der Waals surface area (Å²) in [6.07, 6.45) is 1.66. The van der Waals surface area contributed by atoms with Crippen LogP contribution in [-0.2, 0) is 9.53 Å². The molecule has 39 heavy (non-hydrogen) atoms. The topological polar surface area (TPSA) is 113 Å². The van der Waals surface area contributed by atoms with Crippen LogP contribution >= 0.6 is 22.9 Å². The molecular weight excluding hydrogens is 542 g/mol. The van der Waals surface area contributed by atoms with Crippen molar-refractivity contribution in [2.75, 3.05) is 45.9 Å². The quantitative estimate of drug-likeness (QED) is 0.447. The van der Waals surface area contributed by atoms with Gasteiger partial charge in [-0.05, 0) is 42.5 Å². The van der Waals surface area contributed by atoms with Gasteiger partial charge in [-0.1, -0.05) is 17.7 Å². The third kappa shape index (κ3) is 6.56. The molecule has 0 saturated carbocycles. The SMILES string of the molecule is O=C(N[C@H]1CN(CC(=O)N2CCOCC2)C[C@H]1NC(=O)c1ccc(Cl)s1)c1ccc(-n2ccccc2=O)cc1. The van der Waals surface area contributed by atoms with Crippen molar-refractivity contribution in [1.29, 1.82) is 0 Å². The minimum atomic E-state index is -0.425. The number of ether oxygens (including phenoxy) is 1. The lowest BCUT2D eigenvalue weighted by Crippen LogP contribution is -2.50. The summed E-state index contributed by atoms with van der Waals surface area (Å²) in [5.41, 5.74) is 0.893. The second-order valence-electron chi connectivity index (χ2n) is 9.41. The van der Waals surface area contributed by atoms with E-state index in [-0.39, 0.29) is 29.8 Å². The van der Waals surface area contributed by atoms with Gasteiger partial charge >= 0.3 is 0 Å². The number of halogens is 1. The lowest BCUT2D eigenvalue weighted by molar-refractivity contribution is -0.136. The first-order chi connectivity index (χ1) is 18.9. The van der Waals surface area contributed by atoms with Crippen LogP contribution in [0.3, 0.4) is 0 Å². The van der Waals surface area contributed by atoms with Crippen LogP contribution < -0.4 is 16.2 Å². The first-order valence-corrected chi connectivity index (χ1v) is 13.8. The van der Waals surface area contributed by atoms with E-state index in [0.717, 1.165) is 0 Å². The molecule has 0 aliphatic carbocycles. The Labute approximate surface area is 234 Å². The van der Waals surface area contributed by atoms with Gasteiger partial charge in [0.25, 0.3) is 17.4 Å². The average Bonchev–Trinajstić information content (AvgIpc) is 3.55. The molecule has 10 nitrogen and oxygen atoms in total. The van der Waals surface area contributed by atoms with Crippen LogP contribution in [0, 0.1) is 0 Å². The molecule has 2 aliphatic heterocycles. The summed E-state index contributed by atoms with van der Waals surface area (Å²) in [5.74, 6) is -0.603. The maximum absolute atomic E-state index is 13.2. The fourth-order valence-corrected chi connectivity index (χ4v) is 5.70. The molecule has 12 heteroatoms. The molecule has 5 rings (SSSR count). The molecule has 3 aromatic rings. The van der Waals surface area contributed by atoms with Gasteiger partial charge in [0.1, 0.15) is 0 Å². The summed E-state index contributed by atoms with van der Waals surface area (Å²) in [7, 11) is 0. The number of carbonyl (C=O) groups excluding carboxylic acids is 3. The van der Waals surface area contributed by atoms with Gasteiger partial charge in [-0.15, -0.1) is 11.3 Å². The number of thiophene rings is 1. The number of nitrogens with zero attached hydrogens (tertiary/aromatic N) is 3. The Hall–Kier alpha value is -3.51. The normalized spacial score (nSPS) is 19.6. The summed E-state index contributed by atoms with van der Waals surface area (Å²) in [6, 6.07) is 14.1. The molecule has 2 atom stereocenters. The van der Waals surface area contributed by atoms with Crippen LogP contribution in [0.25, 0.3) is 5.69 Å². The summed E-state index contributed by atoms with van der Waals surface area (Å²) in [6.45, 7) is 3.13. The number of nitrogens with one attached hydrogen (secondary N) is 2. The average molecular weight is 570 g/mol. The fraction of sp³-hybridized carbons (Fsp3) is 0.333. The van der Waals surface area contributed by atoms with Gasteiger partial charge in [0, 0.05) is 49.7 Å². The molecule has 0 bridgehead atoms. The van der Waals surface area contributed by atoms with Crippen molar-refractivity contribution in [3.8, 4) is 5.69 Å². The fourth-order valence-electron chi connectivity index (χ4n) is 4.75. The van der Waals surface area contributed by atoms with Crippen LogP contribution in [0.5, 0.6) is 0 Å². The number of carbonyl (C=O) groups is 3. The van der Waals surface area contributed by atoms with Gasteiger partial charge < -0.3 is 20.3 Å². The number of likely N-dealkylation sites (tertiary alicyclic amines) is 1. The van der Waals surface area contributed by atoms with Crippen LogP contribution in [0.1, 0.15) is 20.0 Å². The molecule has 2 aliphatic rings. The van der Waals surface area contributed by atoms with Gasteiger partial charge in [0.2, 0.25) is 5.91 Å². The lowest BCUT2D eigenvalue weighted by Gasteiger charge is -2.28. The summed E-state index contributed by atoms with van der Waals surface area (Å²) in [4.78, 5) is 55.2. The number of hydrogen-bond donors (Lipinski definition) is 2. The highest BCUT2D eigenvalue weighted by Crippen LogP contribution is 2.22. The predicted octanol–water partition coefficient (Wildman–Crippen LogP) is 1.62. The Morgan fingerprint density at radius 3 is 2.26 bits per heavy atom. The highest BCUT2D eigenvalue weighted by Gasteiger charge is 2.36. The molecule has 4 heterocycles. The Kier molecular flexibility index (Phi) is 8.41. The highest BCUT2D eigenvalue weighted by molar-refractivity contribution is 7.18. The summed E-state index contributed by atoms with van der Waals surface area (Å²) >= 11 is 7.18. The smallest absolute Gasteiger partial charge is 0.261 e.